The van der Waals surface area contributed by atoms with Crippen LogP contribution >= 0.6 is 11.3 Å². The molecule has 3 nitrogen and oxygen atoms in total. The van der Waals surface area contributed by atoms with Crippen LogP contribution in [0.2, 0.25) is 0 Å². The van der Waals surface area contributed by atoms with E-state index in [1.54, 1.807) is 17.5 Å². The number of hydrogen-bond donors (Lipinski definition) is 1. The Morgan fingerprint density at radius 1 is 1.27 bits per heavy atom. The number of nitrogens with zero attached hydrogens (tertiary/aromatic N) is 1. The van der Waals surface area contributed by atoms with Crippen molar-refractivity contribution < 1.29 is 4.79 Å². The molecule has 1 aromatic carbocycles. The molecule has 1 atom stereocenters. The average molecular weight is 312 g/mol. The molecule has 1 amide bonds. The van der Waals surface area contributed by atoms with Crippen molar-refractivity contribution in [2.24, 2.45) is 0 Å². The fraction of sp³-hybridized carbons (Fsp3) is 0.444. The first-order valence-corrected chi connectivity index (χ1v) is 8.94. The van der Waals surface area contributed by atoms with E-state index in [0.717, 1.165) is 22.9 Å². The van der Waals surface area contributed by atoms with Gasteiger partial charge in [0.15, 0.2) is 0 Å². The van der Waals surface area contributed by atoms with Crippen LogP contribution in [0.25, 0.3) is 0 Å². The molecule has 0 spiro atoms. The van der Waals surface area contributed by atoms with Crippen LogP contribution in [0.4, 0.5) is 0 Å². The molecule has 0 bridgehead atoms. The Morgan fingerprint density at radius 3 is 3.00 bits per heavy atom. The number of thiazole rings is 1. The van der Waals surface area contributed by atoms with Crippen LogP contribution in [0.1, 0.15) is 63.3 Å². The second-order valence-corrected chi connectivity index (χ2v) is 7.40. The van der Waals surface area contributed by atoms with E-state index in [0.29, 0.717) is 11.8 Å². The van der Waals surface area contributed by atoms with Crippen LogP contribution in [0.3, 0.4) is 0 Å². The minimum Gasteiger partial charge on any atom is -0.351 e. The summed E-state index contributed by atoms with van der Waals surface area (Å²) >= 11 is 1.56. The molecule has 1 heterocycles. The van der Waals surface area contributed by atoms with E-state index < -0.39 is 0 Å². The van der Waals surface area contributed by atoms with Gasteiger partial charge in [-0.2, -0.15) is 0 Å². The van der Waals surface area contributed by atoms with Crippen LogP contribution in [-0.4, -0.2) is 17.4 Å². The van der Waals surface area contributed by atoms with Crippen molar-refractivity contribution >= 4 is 17.2 Å². The lowest BCUT2D eigenvalue weighted by atomic mass is 9.83. The van der Waals surface area contributed by atoms with Gasteiger partial charge >= 0.3 is 0 Å². The third-order valence-corrected chi connectivity index (χ3v) is 5.84. The third kappa shape index (κ3) is 2.80. The van der Waals surface area contributed by atoms with Gasteiger partial charge in [-0.1, -0.05) is 24.3 Å². The second-order valence-electron chi connectivity index (χ2n) is 6.34. The Morgan fingerprint density at radius 2 is 2.14 bits per heavy atom. The number of nitrogens with one attached hydrogen (secondary N) is 1. The van der Waals surface area contributed by atoms with E-state index in [1.807, 2.05) is 0 Å². The maximum atomic E-state index is 12.3. The molecule has 1 unspecified atom stereocenters. The van der Waals surface area contributed by atoms with Crippen LogP contribution in [0, 0.1) is 0 Å². The van der Waals surface area contributed by atoms with Crippen LogP contribution in [-0.2, 0) is 6.42 Å². The zero-order valence-electron chi connectivity index (χ0n) is 12.5. The molecule has 0 radical (unpaired) electrons. The van der Waals surface area contributed by atoms with E-state index in [4.69, 9.17) is 0 Å². The van der Waals surface area contributed by atoms with Crippen molar-refractivity contribution in [1.29, 1.82) is 0 Å². The fourth-order valence-corrected chi connectivity index (χ4v) is 4.28. The Kier molecular flexibility index (Phi) is 3.70. The molecule has 0 aliphatic heterocycles. The highest BCUT2D eigenvalue weighted by molar-refractivity contribution is 7.13. The molecule has 2 aliphatic carbocycles. The number of aryl methyl sites for hydroxylation is 1. The Balaban J connectivity index is 1.41. The van der Waals surface area contributed by atoms with Gasteiger partial charge in [-0.3, -0.25) is 4.79 Å². The van der Waals surface area contributed by atoms with Gasteiger partial charge in [-0.15, -0.1) is 11.3 Å². The van der Waals surface area contributed by atoms with E-state index in [-0.39, 0.29) is 5.91 Å². The highest BCUT2D eigenvalue weighted by atomic mass is 32.1. The molecule has 1 N–H and O–H groups in total. The van der Waals surface area contributed by atoms with Crippen molar-refractivity contribution in [3.05, 3.63) is 51.5 Å². The molecular formula is C18H20N2OS. The summed E-state index contributed by atoms with van der Waals surface area (Å²) in [6, 6.07) is 8.64. The van der Waals surface area contributed by atoms with Crippen molar-refractivity contribution in [2.45, 2.75) is 43.9 Å². The van der Waals surface area contributed by atoms with Gasteiger partial charge in [0.2, 0.25) is 0 Å². The Bertz CT molecular complexity index is 690. The standard InChI is InChI=1S/C18H20N2OS/c21-17(16-11-20-18(22-16)13-8-9-13)19-10-14-6-3-5-12-4-1-2-7-15(12)14/h1-2,4,7,11,13-14H,3,5-6,8-10H2,(H,19,21). The molecule has 114 valence electrons. The van der Waals surface area contributed by atoms with E-state index in [2.05, 4.69) is 34.6 Å². The Hall–Kier alpha value is -1.68. The summed E-state index contributed by atoms with van der Waals surface area (Å²) in [4.78, 5) is 17.5. The SMILES string of the molecule is O=C(NCC1CCCc2ccccc21)c1cnc(C2CC2)s1. The monoisotopic (exact) mass is 312 g/mol. The summed E-state index contributed by atoms with van der Waals surface area (Å²) < 4.78 is 0. The van der Waals surface area contributed by atoms with Gasteiger partial charge in [0.05, 0.1) is 11.2 Å². The summed E-state index contributed by atoms with van der Waals surface area (Å²) in [5, 5.41) is 4.25. The molecule has 1 saturated carbocycles. The highest BCUT2D eigenvalue weighted by Crippen LogP contribution is 2.41. The van der Waals surface area contributed by atoms with Gasteiger partial charge in [0, 0.05) is 18.4 Å². The highest BCUT2D eigenvalue weighted by Gasteiger charge is 2.27. The summed E-state index contributed by atoms with van der Waals surface area (Å²) in [5.74, 6) is 1.11. The number of hydrogen-bond acceptors (Lipinski definition) is 3. The lowest BCUT2D eigenvalue weighted by Gasteiger charge is -2.25. The summed E-state index contributed by atoms with van der Waals surface area (Å²) in [6.07, 6.45) is 7.74. The topological polar surface area (TPSA) is 42.0 Å². The van der Waals surface area contributed by atoms with Crippen LogP contribution in [0.5, 0.6) is 0 Å². The minimum atomic E-state index is 0.0347. The molecule has 4 rings (SSSR count). The van der Waals surface area contributed by atoms with Crippen molar-refractivity contribution in [3.8, 4) is 0 Å². The predicted octanol–water partition coefficient (Wildman–Crippen LogP) is 3.87. The Labute approximate surface area is 134 Å². The zero-order valence-corrected chi connectivity index (χ0v) is 13.4. The molecule has 2 aliphatic rings. The van der Waals surface area contributed by atoms with Gasteiger partial charge in [-0.05, 0) is 43.2 Å². The van der Waals surface area contributed by atoms with Crippen molar-refractivity contribution in [2.75, 3.05) is 6.54 Å². The number of fused-ring (bicyclic) bond motifs is 1. The van der Waals surface area contributed by atoms with E-state index in [1.165, 1.54) is 36.8 Å². The summed E-state index contributed by atoms with van der Waals surface area (Å²) in [7, 11) is 0. The summed E-state index contributed by atoms with van der Waals surface area (Å²) in [5.41, 5.74) is 2.86. The van der Waals surface area contributed by atoms with E-state index >= 15 is 0 Å². The average Bonchev–Trinajstić information content (AvgIpc) is 3.29. The van der Waals surface area contributed by atoms with Crippen LogP contribution in [0.15, 0.2) is 30.5 Å². The first-order valence-electron chi connectivity index (χ1n) is 8.13. The molecule has 1 fully saturated rings. The zero-order chi connectivity index (χ0) is 14.9. The number of carbonyl (C=O) groups is 1. The van der Waals surface area contributed by atoms with Crippen LogP contribution < -0.4 is 5.32 Å². The lowest BCUT2D eigenvalue weighted by molar-refractivity contribution is 0.0954. The minimum absolute atomic E-state index is 0.0347. The smallest absolute Gasteiger partial charge is 0.263 e. The van der Waals surface area contributed by atoms with Crippen molar-refractivity contribution in [1.82, 2.24) is 10.3 Å². The molecule has 0 saturated heterocycles. The second kappa shape index (κ2) is 5.84. The molecule has 2 aromatic rings. The van der Waals surface area contributed by atoms with Gasteiger partial charge in [-0.25, -0.2) is 4.98 Å². The predicted molar refractivity (Wildman–Crippen MR) is 88.5 cm³/mol. The van der Waals surface area contributed by atoms with Gasteiger partial charge in [0.25, 0.3) is 5.91 Å². The first kappa shape index (κ1) is 13.9. The fourth-order valence-electron chi connectivity index (χ4n) is 3.28. The number of amides is 1. The molecule has 4 heteroatoms. The normalized spacial score (nSPS) is 20.5. The van der Waals surface area contributed by atoms with Crippen molar-refractivity contribution in [3.63, 3.8) is 0 Å². The largest absolute Gasteiger partial charge is 0.351 e. The number of rotatable bonds is 4. The third-order valence-electron chi connectivity index (χ3n) is 4.68. The maximum absolute atomic E-state index is 12.3. The molecule has 22 heavy (non-hydrogen) atoms. The first-order chi connectivity index (χ1) is 10.8. The summed E-state index contributed by atoms with van der Waals surface area (Å²) in [6.45, 7) is 0.729. The van der Waals surface area contributed by atoms with E-state index in [9.17, 15) is 4.79 Å². The van der Waals surface area contributed by atoms with Gasteiger partial charge in [0.1, 0.15) is 4.88 Å². The molecule has 1 aromatic heterocycles. The number of aromatic nitrogens is 1. The van der Waals surface area contributed by atoms with Gasteiger partial charge < -0.3 is 5.32 Å². The quantitative estimate of drug-likeness (QED) is 0.931. The maximum Gasteiger partial charge on any atom is 0.263 e. The number of carbonyl (C=O) groups excluding carboxylic acids is 1. The molecular weight excluding hydrogens is 292 g/mol. The number of benzene rings is 1. The lowest BCUT2D eigenvalue weighted by Crippen LogP contribution is -2.29.